The van der Waals surface area contributed by atoms with Crippen molar-refractivity contribution in [2.45, 2.75) is 37.8 Å². The van der Waals surface area contributed by atoms with Crippen molar-refractivity contribution in [3.63, 3.8) is 0 Å². The van der Waals surface area contributed by atoms with Crippen molar-refractivity contribution in [3.05, 3.63) is 0 Å². The molecule has 2 aliphatic heterocycles. The highest BCUT2D eigenvalue weighted by atomic mass is 16.4. The summed E-state index contributed by atoms with van der Waals surface area (Å²) in [7, 11) is 0. The van der Waals surface area contributed by atoms with Crippen LogP contribution in [0.2, 0.25) is 0 Å². The van der Waals surface area contributed by atoms with Crippen LogP contribution in [-0.4, -0.2) is 59.1 Å². The lowest BCUT2D eigenvalue weighted by Gasteiger charge is -2.46. The maximum Gasteiger partial charge on any atom is 0.306 e. The minimum absolute atomic E-state index is 0.0633. The van der Waals surface area contributed by atoms with E-state index in [4.69, 9.17) is 5.11 Å². The number of hydrogen-bond donors (Lipinski definition) is 1. The first kappa shape index (κ1) is 10.5. The normalized spacial score (nSPS) is 40.4. The number of nitrogens with zero attached hydrogens (tertiary/aromatic N) is 2. The fourth-order valence-corrected chi connectivity index (χ4v) is 3.43. The molecule has 1 aliphatic carbocycles. The van der Waals surface area contributed by atoms with Gasteiger partial charge in [-0.05, 0) is 32.2 Å². The van der Waals surface area contributed by atoms with Crippen molar-refractivity contribution < 1.29 is 9.90 Å². The van der Waals surface area contributed by atoms with Crippen LogP contribution in [0, 0.1) is 5.92 Å². The number of fused-ring (bicyclic) bond motifs is 1. The zero-order valence-electron chi connectivity index (χ0n) is 9.64. The second-order valence-electron chi connectivity index (χ2n) is 5.49. The first-order chi connectivity index (χ1) is 7.74. The van der Waals surface area contributed by atoms with Crippen LogP contribution in [0.4, 0.5) is 0 Å². The summed E-state index contributed by atoms with van der Waals surface area (Å²) in [6.07, 6.45) is 4.44. The second-order valence-corrected chi connectivity index (χ2v) is 5.49. The van der Waals surface area contributed by atoms with Crippen LogP contribution in [0.1, 0.15) is 25.7 Å². The zero-order chi connectivity index (χ0) is 11.1. The Labute approximate surface area is 96.2 Å². The summed E-state index contributed by atoms with van der Waals surface area (Å²) < 4.78 is 0. The molecular formula is C12H20N2O2. The number of carboxylic acid groups (broad SMARTS) is 1. The average Bonchev–Trinajstić information content (AvgIpc) is 2.61. The molecule has 1 unspecified atom stereocenters. The zero-order valence-corrected chi connectivity index (χ0v) is 9.64. The predicted octanol–water partition coefficient (Wildman–Crippen LogP) is 0.630. The molecule has 0 amide bonds. The van der Waals surface area contributed by atoms with E-state index in [0.29, 0.717) is 6.04 Å². The smallest absolute Gasteiger partial charge is 0.306 e. The van der Waals surface area contributed by atoms with Crippen LogP contribution in [0.5, 0.6) is 0 Å². The largest absolute Gasteiger partial charge is 0.481 e. The van der Waals surface area contributed by atoms with Gasteiger partial charge in [0.15, 0.2) is 0 Å². The molecule has 4 heteroatoms. The van der Waals surface area contributed by atoms with Crippen LogP contribution in [-0.2, 0) is 4.79 Å². The van der Waals surface area contributed by atoms with E-state index in [1.807, 2.05) is 0 Å². The molecule has 0 aromatic rings. The van der Waals surface area contributed by atoms with Gasteiger partial charge in [-0.1, -0.05) is 0 Å². The summed E-state index contributed by atoms with van der Waals surface area (Å²) in [4.78, 5) is 15.9. The van der Waals surface area contributed by atoms with E-state index in [1.54, 1.807) is 0 Å². The summed E-state index contributed by atoms with van der Waals surface area (Å²) in [6.45, 7) is 4.80. The molecule has 0 aromatic carbocycles. The van der Waals surface area contributed by atoms with Crippen molar-refractivity contribution in [1.82, 2.24) is 9.80 Å². The first-order valence-corrected chi connectivity index (χ1v) is 6.45. The minimum Gasteiger partial charge on any atom is -0.481 e. The molecule has 3 aliphatic rings. The third kappa shape index (κ3) is 1.74. The molecule has 16 heavy (non-hydrogen) atoms. The summed E-state index contributed by atoms with van der Waals surface area (Å²) in [5, 5.41) is 8.87. The van der Waals surface area contributed by atoms with Gasteiger partial charge in [-0.3, -0.25) is 14.6 Å². The van der Waals surface area contributed by atoms with Gasteiger partial charge in [-0.25, -0.2) is 0 Å². The first-order valence-electron chi connectivity index (χ1n) is 6.45. The summed E-state index contributed by atoms with van der Waals surface area (Å²) in [5.41, 5.74) is 0. The summed E-state index contributed by atoms with van der Waals surface area (Å²) in [5.74, 6) is -0.664. The van der Waals surface area contributed by atoms with E-state index in [1.165, 1.54) is 32.5 Å². The Morgan fingerprint density at radius 2 is 1.81 bits per heavy atom. The Morgan fingerprint density at radius 3 is 2.56 bits per heavy atom. The Kier molecular flexibility index (Phi) is 2.64. The van der Waals surface area contributed by atoms with Crippen LogP contribution in [0.3, 0.4) is 0 Å². The van der Waals surface area contributed by atoms with Gasteiger partial charge >= 0.3 is 5.97 Å². The average molecular weight is 224 g/mol. The number of piperazine rings is 1. The Bertz CT molecular complexity index is 289. The quantitative estimate of drug-likeness (QED) is 0.747. The molecule has 3 rings (SSSR count). The standard InChI is InChI=1S/C12H20N2O2/c15-12(16)9-6-11(7-9)14-5-4-13-3-1-2-10(13)8-14/h9-11H,1-8H2,(H,15,16). The van der Waals surface area contributed by atoms with Gasteiger partial charge in [-0.15, -0.1) is 0 Å². The molecule has 4 nitrogen and oxygen atoms in total. The Hall–Kier alpha value is -0.610. The molecule has 2 heterocycles. The Morgan fingerprint density at radius 1 is 1.06 bits per heavy atom. The van der Waals surface area contributed by atoms with Crippen LogP contribution in [0.15, 0.2) is 0 Å². The van der Waals surface area contributed by atoms with Crippen LogP contribution < -0.4 is 0 Å². The lowest BCUT2D eigenvalue weighted by atomic mass is 9.79. The third-order valence-corrected chi connectivity index (χ3v) is 4.60. The molecule has 0 spiro atoms. The van der Waals surface area contributed by atoms with Crippen molar-refractivity contribution in [3.8, 4) is 0 Å². The number of hydrogen-bond acceptors (Lipinski definition) is 3. The highest BCUT2D eigenvalue weighted by molar-refractivity contribution is 5.71. The van der Waals surface area contributed by atoms with Crippen molar-refractivity contribution in [1.29, 1.82) is 0 Å². The highest BCUT2D eigenvalue weighted by Crippen LogP contribution is 2.34. The van der Waals surface area contributed by atoms with Gasteiger partial charge in [0, 0.05) is 31.7 Å². The molecule has 3 fully saturated rings. The number of aliphatic carboxylic acids is 1. The Balaban J connectivity index is 1.52. The summed E-state index contributed by atoms with van der Waals surface area (Å²) in [6, 6.07) is 1.32. The SMILES string of the molecule is O=C(O)C1CC(N2CCN3CCCC3C2)C1. The predicted molar refractivity (Wildman–Crippen MR) is 60.3 cm³/mol. The topological polar surface area (TPSA) is 43.8 Å². The number of rotatable bonds is 2. The van der Waals surface area contributed by atoms with Crippen molar-refractivity contribution in [2.24, 2.45) is 5.92 Å². The van der Waals surface area contributed by atoms with Gasteiger partial charge in [0.05, 0.1) is 5.92 Å². The van der Waals surface area contributed by atoms with Gasteiger partial charge in [0.2, 0.25) is 0 Å². The summed E-state index contributed by atoms with van der Waals surface area (Å²) >= 11 is 0. The van der Waals surface area contributed by atoms with Gasteiger partial charge in [0.1, 0.15) is 0 Å². The molecule has 0 radical (unpaired) electrons. The minimum atomic E-state index is -0.601. The maximum atomic E-state index is 10.8. The maximum absolute atomic E-state index is 10.8. The van der Waals surface area contributed by atoms with E-state index in [2.05, 4.69) is 9.80 Å². The fourth-order valence-electron chi connectivity index (χ4n) is 3.43. The van der Waals surface area contributed by atoms with Crippen LogP contribution in [0.25, 0.3) is 0 Å². The molecule has 0 aromatic heterocycles. The number of carboxylic acids is 1. The van der Waals surface area contributed by atoms with Gasteiger partial charge in [-0.2, -0.15) is 0 Å². The molecule has 1 N–H and O–H groups in total. The van der Waals surface area contributed by atoms with Crippen molar-refractivity contribution in [2.75, 3.05) is 26.2 Å². The van der Waals surface area contributed by atoms with E-state index in [-0.39, 0.29) is 5.92 Å². The molecule has 2 saturated heterocycles. The molecule has 90 valence electrons. The van der Waals surface area contributed by atoms with E-state index >= 15 is 0 Å². The highest BCUT2D eigenvalue weighted by Gasteiger charge is 2.41. The lowest BCUT2D eigenvalue weighted by Crippen LogP contribution is -2.57. The molecule has 0 bridgehead atoms. The monoisotopic (exact) mass is 224 g/mol. The molecular weight excluding hydrogens is 204 g/mol. The fraction of sp³-hybridized carbons (Fsp3) is 0.917. The molecule has 1 atom stereocenters. The second kappa shape index (κ2) is 4.00. The van der Waals surface area contributed by atoms with Gasteiger partial charge < -0.3 is 5.11 Å². The third-order valence-electron chi connectivity index (χ3n) is 4.60. The lowest BCUT2D eigenvalue weighted by molar-refractivity contribution is -0.147. The van der Waals surface area contributed by atoms with Gasteiger partial charge in [0.25, 0.3) is 0 Å². The van der Waals surface area contributed by atoms with Crippen molar-refractivity contribution >= 4 is 5.97 Å². The molecule has 1 saturated carbocycles. The van der Waals surface area contributed by atoms with E-state index < -0.39 is 5.97 Å². The van der Waals surface area contributed by atoms with Crippen LogP contribution >= 0.6 is 0 Å². The number of carbonyl (C=O) groups is 1. The van der Waals surface area contributed by atoms with E-state index in [0.717, 1.165) is 25.4 Å². The van der Waals surface area contributed by atoms with E-state index in [9.17, 15) is 4.79 Å².